The Labute approximate surface area is 123 Å². The van der Waals surface area contributed by atoms with Gasteiger partial charge in [0.2, 0.25) is 0 Å². The minimum absolute atomic E-state index is 0.237. The monoisotopic (exact) mass is 311 g/mol. The second-order valence-electron chi connectivity index (χ2n) is 4.30. The third-order valence-electron chi connectivity index (χ3n) is 2.58. The molecule has 1 aromatic heterocycles. The minimum atomic E-state index is -3.63. The Hall–Kier alpha value is -1.60. The van der Waals surface area contributed by atoms with Crippen LogP contribution in [-0.2, 0) is 10.0 Å². The molecular formula is C13H17N3O2S2. The van der Waals surface area contributed by atoms with Crippen LogP contribution in [0.25, 0.3) is 0 Å². The maximum absolute atomic E-state index is 12.4. The van der Waals surface area contributed by atoms with E-state index in [9.17, 15) is 8.42 Å². The van der Waals surface area contributed by atoms with Gasteiger partial charge in [-0.1, -0.05) is 19.1 Å². The van der Waals surface area contributed by atoms with Crippen LogP contribution in [0.1, 0.15) is 18.2 Å². The molecule has 1 heterocycles. The molecule has 20 heavy (non-hydrogen) atoms. The molecular weight excluding hydrogens is 294 g/mol. The van der Waals surface area contributed by atoms with Crippen molar-refractivity contribution in [3.63, 3.8) is 0 Å². The van der Waals surface area contributed by atoms with Gasteiger partial charge in [0, 0.05) is 17.6 Å². The van der Waals surface area contributed by atoms with Crippen LogP contribution < -0.4 is 10.0 Å². The number of sulfonamides is 1. The van der Waals surface area contributed by atoms with Crippen LogP contribution in [0.2, 0.25) is 0 Å². The molecule has 0 amide bonds. The van der Waals surface area contributed by atoms with Crippen molar-refractivity contribution in [2.45, 2.75) is 25.2 Å². The molecule has 2 aromatic rings. The molecule has 0 saturated heterocycles. The standard InChI is InChI=1S/C13H17N3O2S2/c1-3-8-14-11-6-4-5-7-12(11)20(17,18)16-13-15-9-10(2)19-13/h4-7,9,14H,3,8H2,1-2H3,(H,15,16). The van der Waals surface area contributed by atoms with E-state index in [2.05, 4.69) is 15.0 Å². The van der Waals surface area contributed by atoms with E-state index in [1.54, 1.807) is 24.4 Å². The highest BCUT2D eigenvalue weighted by Gasteiger charge is 2.19. The lowest BCUT2D eigenvalue weighted by atomic mass is 10.3. The van der Waals surface area contributed by atoms with Gasteiger partial charge in [-0.25, -0.2) is 13.4 Å². The summed E-state index contributed by atoms with van der Waals surface area (Å²) in [6, 6.07) is 6.86. The Balaban J connectivity index is 2.29. The molecule has 2 N–H and O–H groups in total. The third kappa shape index (κ3) is 3.49. The highest BCUT2D eigenvalue weighted by Crippen LogP contribution is 2.25. The smallest absolute Gasteiger partial charge is 0.265 e. The van der Waals surface area contributed by atoms with Crippen LogP contribution in [0, 0.1) is 6.92 Å². The molecule has 0 aliphatic carbocycles. The summed E-state index contributed by atoms with van der Waals surface area (Å²) in [6.45, 7) is 4.63. The molecule has 1 aromatic carbocycles. The van der Waals surface area contributed by atoms with Crippen molar-refractivity contribution in [2.24, 2.45) is 0 Å². The van der Waals surface area contributed by atoms with E-state index in [1.165, 1.54) is 11.3 Å². The minimum Gasteiger partial charge on any atom is -0.384 e. The zero-order valence-corrected chi connectivity index (χ0v) is 13.0. The number of para-hydroxylation sites is 1. The summed E-state index contributed by atoms with van der Waals surface area (Å²) in [7, 11) is -3.63. The van der Waals surface area contributed by atoms with Gasteiger partial charge in [-0.3, -0.25) is 4.72 Å². The van der Waals surface area contributed by atoms with Crippen molar-refractivity contribution in [3.05, 3.63) is 35.3 Å². The summed E-state index contributed by atoms with van der Waals surface area (Å²) in [6.07, 6.45) is 2.57. The second-order valence-corrected chi connectivity index (χ2v) is 7.19. The molecule has 0 bridgehead atoms. The number of hydrogen-bond acceptors (Lipinski definition) is 5. The normalized spacial score (nSPS) is 11.3. The molecule has 7 heteroatoms. The number of rotatable bonds is 6. The van der Waals surface area contributed by atoms with Gasteiger partial charge in [0.05, 0.1) is 5.69 Å². The van der Waals surface area contributed by atoms with E-state index in [-0.39, 0.29) is 4.90 Å². The van der Waals surface area contributed by atoms with Crippen LogP contribution in [0.5, 0.6) is 0 Å². The average Bonchev–Trinajstić information content (AvgIpc) is 2.81. The lowest BCUT2D eigenvalue weighted by Gasteiger charge is -2.12. The van der Waals surface area contributed by atoms with E-state index < -0.39 is 10.0 Å². The molecule has 108 valence electrons. The predicted molar refractivity (Wildman–Crippen MR) is 82.9 cm³/mol. The maximum Gasteiger partial charge on any atom is 0.265 e. The first-order valence-corrected chi connectivity index (χ1v) is 8.61. The second kappa shape index (κ2) is 6.23. The van der Waals surface area contributed by atoms with Gasteiger partial charge in [0.25, 0.3) is 10.0 Å². The molecule has 5 nitrogen and oxygen atoms in total. The fraction of sp³-hybridized carbons (Fsp3) is 0.308. The van der Waals surface area contributed by atoms with Crippen molar-refractivity contribution in [2.75, 3.05) is 16.6 Å². The number of aryl methyl sites for hydroxylation is 1. The first-order chi connectivity index (χ1) is 9.53. The van der Waals surface area contributed by atoms with Gasteiger partial charge >= 0.3 is 0 Å². The largest absolute Gasteiger partial charge is 0.384 e. The topological polar surface area (TPSA) is 71.1 Å². The summed E-state index contributed by atoms with van der Waals surface area (Å²) in [5, 5.41) is 3.51. The van der Waals surface area contributed by atoms with Crippen LogP contribution in [0.4, 0.5) is 10.8 Å². The Morgan fingerprint density at radius 3 is 2.70 bits per heavy atom. The highest BCUT2D eigenvalue weighted by molar-refractivity contribution is 7.93. The summed E-state index contributed by atoms with van der Waals surface area (Å²) in [5.41, 5.74) is 0.607. The molecule has 0 unspecified atom stereocenters. The van der Waals surface area contributed by atoms with E-state index >= 15 is 0 Å². The summed E-state index contributed by atoms with van der Waals surface area (Å²) < 4.78 is 27.3. The fourth-order valence-corrected chi connectivity index (χ4v) is 3.77. The first kappa shape index (κ1) is 14.8. The molecule has 0 fully saturated rings. The number of anilines is 2. The van der Waals surface area contributed by atoms with E-state index in [0.717, 1.165) is 17.8 Å². The van der Waals surface area contributed by atoms with Crippen molar-refractivity contribution in [1.82, 2.24) is 4.98 Å². The molecule has 0 aliphatic rings. The number of thiazole rings is 1. The van der Waals surface area contributed by atoms with Crippen LogP contribution in [0.15, 0.2) is 35.4 Å². The van der Waals surface area contributed by atoms with Gasteiger partial charge in [-0.2, -0.15) is 0 Å². The maximum atomic E-state index is 12.4. The summed E-state index contributed by atoms with van der Waals surface area (Å²) in [4.78, 5) is 5.22. The number of nitrogens with one attached hydrogen (secondary N) is 2. The molecule has 0 aliphatic heterocycles. The van der Waals surface area contributed by atoms with Crippen LogP contribution in [-0.4, -0.2) is 19.9 Å². The van der Waals surface area contributed by atoms with Crippen LogP contribution >= 0.6 is 11.3 Å². The quantitative estimate of drug-likeness (QED) is 0.860. The van der Waals surface area contributed by atoms with E-state index in [1.807, 2.05) is 19.9 Å². The molecule has 0 saturated carbocycles. The molecule has 0 atom stereocenters. The number of benzene rings is 1. The first-order valence-electron chi connectivity index (χ1n) is 6.31. The molecule has 0 radical (unpaired) electrons. The zero-order valence-electron chi connectivity index (χ0n) is 11.4. The van der Waals surface area contributed by atoms with Gasteiger partial charge in [-0.15, -0.1) is 11.3 Å². The molecule has 2 rings (SSSR count). The SMILES string of the molecule is CCCNc1ccccc1S(=O)(=O)Nc1ncc(C)s1. The lowest BCUT2D eigenvalue weighted by Crippen LogP contribution is -2.15. The van der Waals surface area contributed by atoms with Gasteiger partial charge in [0.15, 0.2) is 5.13 Å². The number of aromatic nitrogens is 1. The lowest BCUT2D eigenvalue weighted by molar-refractivity contribution is 0.601. The summed E-state index contributed by atoms with van der Waals surface area (Å²) >= 11 is 1.31. The van der Waals surface area contributed by atoms with Crippen LogP contribution in [0.3, 0.4) is 0 Å². The van der Waals surface area contributed by atoms with Gasteiger partial charge in [0.1, 0.15) is 4.90 Å². The Morgan fingerprint density at radius 2 is 2.05 bits per heavy atom. The number of hydrogen-bond donors (Lipinski definition) is 2. The Kier molecular flexibility index (Phi) is 4.61. The van der Waals surface area contributed by atoms with E-state index in [4.69, 9.17) is 0 Å². The zero-order chi connectivity index (χ0) is 14.6. The van der Waals surface area contributed by atoms with Crippen molar-refractivity contribution in [1.29, 1.82) is 0 Å². The van der Waals surface area contributed by atoms with Crippen molar-refractivity contribution >= 4 is 32.2 Å². The van der Waals surface area contributed by atoms with Crippen molar-refractivity contribution in [3.8, 4) is 0 Å². The number of nitrogens with zero attached hydrogens (tertiary/aromatic N) is 1. The van der Waals surface area contributed by atoms with Gasteiger partial charge < -0.3 is 5.32 Å². The fourth-order valence-electron chi connectivity index (χ4n) is 1.68. The average molecular weight is 311 g/mol. The van der Waals surface area contributed by atoms with Crippen molar-refractivity contribution < 1.29 is 8.42 Å². The Bertz CT molecular complexity index is 680. The third-order valence-corrected chi connectivity index (χ3v) is 4.94. The summed E-state index contributed by atoms with van der Waals surface area (Å²) in [5.74, 6) is 0. The Morgan fingerprint density at radius 1 is 1.30 bits per heavy atom. The van der Waals surface area contributed by atoms with E-state index in [0.29, 0.717) is 10.8 Å². The highest BCUT2D eigenvalue weighted by atomic mass is 32.2. The van der Waals surface area contributed by atoms with Gasteiger partial charge in [-0.05, 0) is 25.5 Å². The predicted octanol–water partition coefficient (Wildman–Crippen LogP) is 3.07. The molecule has 0 spiro atoms.